The van der Waals surface area contributed by atoms with Crippen LogP contribution in [-0.2, 0) is 14.3 Å². The summed E-state index contributed by atoms with van der Waals surface area (Å²) >= 11 is 5.95. The summed E-state index contributed by atoms with van der Waals surface area (Å²) in [5.41, 5.74) is 1.87. The minimum Gasteiger partial charge on any atom is -0.467 e. The van der Waals surface area contributed by atoms with Crippen LogP contribution in [0.25, 0.3) is 11.1 Å². The zero-order valence-corrected chi connectivity index (χ0v) is 22.9. The Labute approximate surface area is 217 Å². The fraction of sp³-hybridized carbons (Fsp3) is 0.536. The fourth-order valence-electron chi connectivity index (χ4n) is 4.72. The SMILES string of the molecule is COC(=O)[C@@H](OC(C)(C)C)c1c(C)nc(C(=O)NC2CCC(C)CC2)c(C)c1-c1ccc(Cl)c(F)c1. The van der Waals surface area contributed by atoms with Gasteiger partial charge in [0.15, 0.2) is 6.10 Å². The molecule has 1 saturated carbocycles. The first kappa shape index (κ1) is 28.1. The number of benzene rings is 1. The molecule has 6 nitrogen and oxygen atoms in total. The van der Waals surface area contributed by atoms with E-state index in [-0.39, 0.29) is 22.7 Å². The van der Waals surface area contributed by atoms with Crippen LogP contribution in [0.15, 0.2) is 18.2 Å². The number of halogens is 2. The number of hydrogen-bond donors (Lipinski definition) is 1. The van der Waals surface area contributed by atoms with Crippen LogP contribution in [0.5, 0.6) is 0 Å². The van der Waals surface area contributed by atoms with Crippen molar-refractivity contribution in [3.63, 3.8) is 0 Å². The van der Waals surface area contributed by atoms with E-state index in [1.165, 1.54) is 19.2 Å². The largest absolute Gasteiger partial charge is 0.467 e. The van der Waals surface area contributed by atoms with Gasteiger partial charge >= 0.3 is 5.97 Å². The molecule has 0 spiro atoms. The van der Waals surface area contributed by atoms with Crippen LogP contribution < -0.4 is 5.32 Å². The second-order valence-corrected chi connectivity index (χ2v) is 11.1. The molecule has 1 aromatic heterocycles. The molecule has 1 aromatic carbocycles. The molecule has 1 aliphatic rings. The second-order valence-electron chi connectivity index (χ2n) is 10.7. The number of amides is 1. The van der Waals surface area contributed by atoms with Crippen molar-refractivity contribution in [1.29, 1.82) is 0 Å². The molecule has 0 bridgehead atoms. The molecule has 0 saturated heterocycles. The van der Waals surface area contributed by atoms with E-state index in [9.17, 15) is 14.0 Å². The Kier molecular flexibility index (Phi) is 8.78. The van der Waals surface area contributed by atoms with Crippen LogP contribution in [0.3, 0.4) is 0 Å². The topological polar surface area (TPSA) is 77.5 Å². The van der Waals surface area contributed by atoms with Crippen molar-refractivity contribution in [3.05, 3.63) is 51.6 Å². The van der Waals surface area contributed by atoms with Crippen molar-refractivity contribution in [1.82, 2.24) is 10.3 Å². The molecular formula is C28H36ClFN2O4. The lowest BCUT2D eigenvalue weighted by atomic mass is 9.87. The maximum absolute atomic E-state index is 14.6. The van der Waals surface area contributed by atoms with Crippen LogP contribution in [0.2, 0.25) is 5.02 Å². The van der Waals surface area contributed by atoms with Crippen LogP contribution in [-0.4, -0.2) is 35.6 Å². The van der Waals surface area contributed by atoms with E-state index < -0.39 is 23.5 Å². The van der Waals surface area contributed by atoms with Crippen molar-refractivity contribution in [2.45, 2.75) is 85.0 Å². The van der Waals surface area contributed by atoms with Crippen LogP contribution in [0.4, 0.5) is 4.39 Å². The van der Waals surface area contributed by atoms with Crippen molar-refractivity contribution in [2.24, 2.45) is 5.92 Å². The Morgan fingerprint density at radius 1 is 1.17 bits per heavy atom. The predicted octanol–water partition coefficient (Wildman–Crippen LogP) is 6.50. The Morgan fingerprint density at radius 3 is 2.36 bits per heavy atom. The van der Waals surface area contributed by atoms with Crippen molar-refractivity contribution in [2.75, 3.05) is 7.11 Å². The van der Waals surface area contributed by atoms with Crippen LogP contribution in [0, 0.1) is 25.6 Å². The van der Waals surface area contributed by atoms with Gasteiger partial charge in [0.1, 0.15) is 11.5 Å². The number of aromatic nitrogens is 1. The van der Waals surface area contributed by atoms with Gasteiger partial charge in [-0.2, -0.15) is 0 Å². The normalized spacial score (nSPS) is 19.0. The highest BCUT2D eigenvalue weighted by molar-refractivity contribution is 6.30. The van der Waals surface area contributed by atoms with E-state index in [1.807, 2.05) is 20.8 Å². The Morgan fingerprint density at radius 2 is 1.81 bits per heavy atom. The zero-order chi connectivity index (χ0) is 26.8. The monoisotopic (exact) mass is 518 g/mol. The van der Waals surface area contributed by atoms with E-state index in [0.717, 1.165) is 25.7 Å². The molecular weight excluding hydrogens is 483 g/mol. The standard InChI is InChI=1S/C28H36ClFN2O4/c1-15-8-11-19(12-9-15)32-26(33)24-16(2)22(18-10-13-20(29)21(30)14-18)23(17(3)31-24)25(27(34)35-7)36-28(4,5)6/h10,13-15,19,25H,8-9,11-12H2,1-7H3,(H,32,33)/t15?,19?,25-/m0/s1. The molecule has 1 amide bonds. The maximum atomic E-state index is 14.6. The van der Waals surface area contributed by atoms with Gasteiger partial charge in [-0.05, 0) is 95.0 Å². The number of carbonyl (C=O) groups is 2. The molecule has 1 fully saturated rings. The van der Waals surface area contributed by atoms with E-state index in [4.69, 9.17) is 21.1 Å². The number of hydrogen-bond acceptors (Lipinski definition) is 5. The predicted molar refractivity (Wildman–Crippen MR) is 139 cm³/mol. The average molecular weight is 519 g/mol. The number of pyridine rings is 1. The first-order chi connectivity index (χ1) is 16.8. The van der Waals surface area contributed by atoms with E-state index in [0.29, 0.717) is 33.9 Å². The van der Waals surface area contributed by atoms with E-state index in [1.54, 1.807) is 19.9 Å². The number of nitrogens with one attached hydrogen (secondary N) is 1. The number of ether oxygens (including phenoxy) is 2. The van der Waals surface area contributed by atoms with Gasteiger partial charge in [-0.3, -0.25) is 4.79 Å². The van der Waals surface area contributed by atoms with Gasteiger partial charge in [-0.25, -0.2) is 14.2 Å². The summed E-state index contributed by atoms with van der Waals surface area (Å²) in [7, 11) is 1.28. The Balaban J connectivity index is 2.19. The summed E-state index contributed by atoms with van der Waals surface area (Å²) in [6.07, 6.45) is 2.84. The lowest BCUT2D eigenvalue weighted by Crippen LogP contribution is -2.38. The average Bonchev–Trinajstić information content (AvgIpc) is 2.81. The summed E-state index contributed by atoms with van der Waals surface area (Å²) in [6, 6.07) is 4.49. The van der Waals surface area contributed by atoms with Crippen LogP contribution in [0.1, 0.15) is 86.8 Å². The van der Waals surface area contributed by atoms with Crippen molar-refractivity contribution < 1.29 is 23.5 Å². The zero-order valence-electron chi connectivity index (χ0n) is 22.1. The molecule has 1 N–H and O–H groups in total. The summed E-state index contributed by atoms with van der Waals surface area (Å²) in [5.74, 6) is -0.853. The van der Waals surface area contributed by atoms with Gasteiger partial charge in [-0.1, -0.05) is 24.6 Å². The highest BCUT2D eigenvalue weighted by atomic mass is 35.5. The summed E-state index contributed by atoms with van der Waals surface area (Å²) in [5, 5.41) is 3.10. The highest BCUT2D eigenvalue weighted by Crippen LogP contribution is 2.39. The lowest BCUT2D eigenvalue weighted by Gasteiger charge is -2.30. The third-order valence-electron chi connectivity index (χ3n) is 6.59. The molecule has 2 aromatic rings. The molecule has 3 rings (SSSR count). The minimum absolute atomic E-state index is 0.0244. The number of aryl methyl sites for hydroxylation is 1. The molecule has 0 unspecified atom stereocenters. The van der Waals surface area contributed by atoms with Gasteiger partial charge in [0, 0.05) is 17.3 Å². The van der Waals surface area contributed by atoms with Gasteiger partial charge in [-0.15, -0.1) is 0 Å². The molecule has 1 heterocycles. The van der Waals surface area contributed by atoms with Gasteiger partial charge in [0.25, 0.3) is 5.91 Å². The molecule has 8 heteroatoms. The molecule has 0 aliphatic heterocycles. The molecule has 196 valence electrons. The van der Waals surface area contributed by atoms with Crippen LogP contribution >= 0.6 is 11.6 Å². The quantitative estimate of drug-likeness (QED) is 0.442. The smallest absolute Gasteiger partial charge is 0.339 e. The number of esters is 1. The third kappa shape index (κ3) is 6.43. The fourth-order valence-corrected chi connectivity index (χ4v) is 4.84. The van der Waals surface area contributed by atoms with Crippen molar-refractivity contribution in [3.8, 4) is 11.1 Å². The van der Waals surface area contributed by atoms with Gasteiger partial charge in [0.05, 0.1) is 17.7 Å². The maximum Gasteiger partial charge on any atom is 0.339 e. The Bertz CT molecular complexity index is 1140. The molecule has 36 heavy (non-hydrogen) atoms. The lowest BCUT2D eigenvalue weighted by molar-refractivity contribution is -0.164. The first-order valence-electron chi connectivity index (χ1n) is 12.4. The molecule has 1 atom stereocenters. The second kappa shape index (κ2) is 11.3. The number of rotatable bonds is 6. The number of methoxy groups -OCH3 is 1. The molecule has 1 aliphatic carbocycles. The minimum atomic E-state index is -1.13. The Hall–Kier alpha value is -2.51. The number of nitrogens with zero attached hydrogens (tertiary/aromatic N) is 1. The highest BCUT2D eigenvalue weighted by Gasteiger charge is 2.34. The van der Waals surface area contributed by atoms with Crippen molar-refractivity contribution >= 4 is 23.5 Å². The summed E-state index contributed by atoms with van der Waals surface area (Å²) in [6.45, 7) is 11.2. The van der Waals surface area contributed by atoms with Gasteiger partial charge < -0.3 is 14.8 Å². The van der Waals surface area contributed by atoms with E-state index >= 15 is 0 Å². The van der Waals surface area contributed by atoms with E-state index in [2.05, 4.69) is 17.2 Å². The number of carbonyl (C=O) groups excluding carboxylic acids is 2. The van der Waals surface area contributed by atoms with Gasteiger partial charge in [0.2, 0.25) is 0 Å². The first-order valence-corrected chi connectivity index (χ1v) is 12.7. The third-order valence-corrected chi connectivity index (χ3v) is 6.90. The molecule has 0 radical (unpaired) electrons. The summed E-state index contributed by atoms with van der Waals surface area (Å²) in [4.78, 5) is 30.9. The summed E-state index contributed by atoms with van der Waals surface area (Å²) < 4.78 is 25.8.